The molecular weight excluding hydrogens is 326 g/mol. The van der Waals surface area contributed by atoms with Crippen LogP contribution in [0.2, 0.25) is 0 Å². The van der Waals surface area contributed by atoms with E-state index in [9.17, 15) is 0 Å². The van der Waals surface area contributed by atoms with Gasteiger partial charge in [0.1, 0.15) is 17.7 Å². The van der Waals surface area contributed by atoms with Gasteiger partial charge >= 0.3 is 0 Å². The van der Waals surface area contributed by atoms with Gasteiger partial charge in [-0.25, -0.2) is 9.97 Å². The Kier molecular flexibility index (Phi) is 3.67. The highest BCUT2D eigenvalue weighted by Gasteiger charge is 2.40. The summed E-state index contributed by atoms with van der Waals surface area (Å²) in [5.74, 6) is 1.40. The van der Waals surface area contributed by atoms with E-state index in [1.807, 2.05) is 12.1 Å². The normalized spacial score (nSPS) is 19.6. The molecule has 0 bridgehead atoms. The number of nitrogens with one attached hydrogen (secondary N) is 2. The first-order valence-electron chi connectivity index (χ1n) is 9.40. The van der Waals surface area contributed by atoms with Crippen LogP contribution < -0.4 is 10.1 Å². The van der Waals surface area contributed by atoms with Gasteiger partial charge in [0.15, 0.2) is 0 Å². The Bertz CT molecular complexity index is 940. The van der Waals surface area contributed by atoms with Crippen LogP contribution in [-0.4, -0.2) is 38.9 Å². The predicted octanol–water partition coefficient (Wildman–Crippen LogP) is 3.42. The number of H-pyrrole nitrogens is 1. The summed E-state index contributed by atoms with van der Waals surface area (Å²) in [6.07, 6.45) is 6.15. The molecule has 0 amide bonds. The summed E-state index contributed by atoms with van der Waals surface area (Å²) in [7, 11) is 0. The van der Waals surface area contributed by atoms with E-state index in [4.69, 9.17) is 4.74 Å². The summed E-state index contributed by atoms with van der Waals surface area (Å²) in [5.41, 5.74) is 3.89. The smallest absolute Gasteiger partial charge is 0.120 e. The number of aromatic nitrogens is 4. The molecule has 1 aliphatic heterocycles. The number of ether oxygens (including phenoxy) is 1. The van der Waals surface area contributed by atoms with Crippen LogP contribution in [0.1, 0.15) is 44.2 Å². The molecule has 2 aliphatic rings. The molecule has 2 aromatic heterocycles. The number of hydrogen-bond donors (Lipinski definition) is 2. The Labute approximate surface area is 152 Å². The molecule has 3 aromatic rings. The molecule has 1 aromatic carbocycles. The number of hydrogen-bond acceptors (Lipinski definition) is 5. The molecule has 2 N–H and O–H groups in total. The van der Waals surface area contributed by atoms with Crippen molar-refractivity contribution in [2.45, 2.75) is 44.1 Å². The maximum absolute atomic E-state index is 6.12. The molecule has 1 aliphatic carbocycles. The van der Waals surface area contributed by atoms with Crippen LogP contribution in [0.15, 0.2) is 30.6 Å². The topological polar surface area (TPSA) is 75.7 Å². The van der Waals surface area contributed by atoms with Gasteiger partial charge in [-0.15, -0.1) is 0 Å². The minimum atomic E-state index is 0.00861. The zero-order chi connectivity index (χ0) is 17.6. The average Bonchev–Trinajstić information content (AvgIpc) is 3.25. The highest BCUT2D eigenvalue weighted by Crippen LogP contribution is 2.40. The number of rotatable bonds is 4. The molecule has 26 heavy (non-hydrogen) atoms. The summed E-state index contributed by atoms with van der Waals surface area (Å²) in [6.45, 7) is 4.26. The van der Waals surface area contributed by atoms with Crippen molar-refractivity contribution in [2.75, 3.05) is 13.1 Å². The fourth-order valence-corrected chi connectivity index (χ4v) is 3.66. The first-order valence-corrected chi connectivity index (χ1v) is 9.40. The van der Waals surface area contributed by atoms with Crippen LogP contribution in [0.5, 0.6) is 5.75 Å². The molecule has 5 rings (SSSR count). The fraction of sp³-hybridized carbons (Fsp3) is 0.450. The van der Waals surface area contributed by atoms with Crippen molar-refractivity contribution in [3.63, 3.8) is 0 Å². The molecule has 0 unspecified atom stereocenters. The Morgan fingerprint density at radius 1 is 1.12 bits per heavy atom. The first kappa shape index (κ1) is 15.8. The van der Waals surface area contributed by atoms with E-state index >= 15 is 0 Å². The molecule has 0 radical (unpaired) electrons. The first-order chi connectivity index (χ1) is 12.7. The maximum Gasteiger partial charge on any atom is 0.120 e. The van der Waals surface area contributed by atoms with Crippen molar-refractivity contribution >= 4 is 10.9 Å². The number of aromatic amines is 1. The number of benzene rings is 1. The largest absolute Gasteiger partial charge is 0.488 e. The molecule has 134 valence electrons. The second kappa shape index (κ2) is 6.06. The van der Waals surface area contributed by atoms with E-state index < -0.39 is 0 Å². The second-order valence-corrected chi connectivity index (χ2v) is 7.68. The van der Waals surface area contributed by atoms with Gasteiger partial charge in [-0.2, -0.15) is 5.10 Å². The third kappa shape index (κ3) is 2.94. The fourth-order valence-electron chi connectivity index (χ4n) is 3.66. The van der Waals surface area contributed by atoms with E-state index in [0.717, 1.165) is 72.5 Å². The molecule has 0 spiro atoms. The molecule has 6 heteroatoms. The van der Waals surface area contributed by atoms with Gasteiger partial charge in [0.2, 0.25) is 0 Å². The van der Waals surface area contributed by atoms with Gasteiger partial charge in [-0.3, -0.25) is 5.10 Å². The summed E-state index contributed by atoms with van der Waals surface area (Å²) in [4.78, 5) is 9.03. The van der Waals surface area contributed by atoms with Crippen LogP contribution in [0.3, 0.4) is 0 Å². The highest BCUT2D eigenvalue weighted by atomic mass is 16.5. The van der Waals surface area contributed by atoms with Crippen molar-refractivity contribution in [1.82, 2.24) is 25.5 Å². The quantitative estimate of drug-likeness (QED) is 0.755. The summed E-state index contributed by atoms with van der Waals surface area (Å²) in [5, 5.41) is 12.0. The van der Waals surface area contributed by atoms with Gasteiger partial charge in [0.05, 0.1) is 16.9 Å². The van der Waals surface area contributed by atoms with Crippen LogP contribution in [-0.2, 0) is 0 Å². The average molecular weight is 349 g/mol. The summed E-state index contributed by atoms with van der Waals surface area (Å²) in [6, 6.07) is 8.19. The van der Waals surface area contributed by atoms with E-state index in [1.54, 1.807) is 6.33 Å². The molecule has 0 atom stereocenters. The number of piperidine rings is 1. The lowest BCUT2D eigenvalue weighted by molar-refractivity contribution is 0.200. The molecule has 3 heterocycles. The zero-order valence-electron chi connectivity index (χ0n) is 15.0. The van der Waals surface area contributed by atoms with Gasteiger partial charge in [-0.1, -0.05) is 0 Å². The summed E-state index contributed by atoms with van der Waals surface area (Å²) < 4.78 is 6.12. The summed E-state index contributed by atoms with van der Waals surface area (Å²) >= 11 is 0. The van der Waals surface area contributed by atoms with Crippen LogP contribution in [0.4, 0.5) is 0 Å². The van der Waals surface area contributed by atoms with E-state index in [0.29, 0.717) is 5.92 Å². The molecule has 1 saturated carbocycles. The van der Waals surface area contributed by atoms with Gasteiger partial charge in [0, 0.05) is 17.0 Å². The SMILES string of the molecule is CC1(Oc2ccc3n[nH]c(-c4cc(C5CCNCC5)ncn4)c3c2)CC1. The highest BCUT2D eigenvalue weighted by molar-refractivity contribution is 5.92. The van der Waals surface area contributed by atoms with Crippen LogP contribution in [0, 0.1) is 0 Å². The minimum absolute atomic E-state index is 0.00861. The monoisotopic (exact) mass is 349 g/mol. The number of fused-ring (bicyclic) bond motifs is 1. The maximum atomic E-state index is 6.12. The van der Waals surface area contributed by atoms with E-state index in [2.05, 4.69) is 44.5 Å². The Morgan fingerprint density at radius 2 is 1.96 bits per heavy atom. The minimum Gasteiger partial charge on any atom is -0.488 e. The Balaban J connectivity index is 1.50. The Morgan fingerprint density at radius 3 is 2.77 bits per heavy atom. The van der Waals surface area contributed by atoms with Crippen molar-refractivity contribution in [3.8, 4) is 17.1 Å². The van der Waals surface area contributed by atoms with Crippen LogP contribution in [0.25, 0.3) is 22.3 Å². The molecule has 2 fully saturated rings. The van der Waals surface area contributed by atoms with Gasteiger partial charge in [-0.05, 0) is 70.0 Å². The standard InChI is InChI=1S/C20H23N5O/c1-20(6-7-20)26-14-2-3-16-15(10-14)19(25-24-16)18-11-17(22-12-23-18)13-4-8-21-9-5-13/h2-3,10-13,21H,4-9H2,1H3,(H,24,25). The zero-order valence-corrected chi connectivity index (χ0v) is 15.0. The third-order valence-electron chi connectivity index (χ3n) is 5.55. The van der Waals surface area contributed by atoms with Crippen molar-refractivity contribution in [1.29, 1.82) is 0 Å². The van der Waals surface area contributed by atoms with E-state index in [-0.39, 0.29) is 5.60 Å². The lowest BCUT2D eigenvalue weighted by Gasteiger charge is -2.22. The number of nitrogens with zero attached hydrogens (tertiary/aromatic N) is 3. The van der Waals surface area contributed by atoms with Crippen LogP contribution >= 0.6 is 0 Å². The van der Waals surface area contributed by atoms with Gasteiger partial charge in [0.25, 0.3) is 0 Å². The van der Waals surface area contributed by atoms with E-state index in [1.165, 1.54) is 0 Å². The molecular formula is C20H23N5O. The Hall–Kier alpha value is -2.47. The second-order valence-electron chi connectivity index (χ2n) is 7.68. The molecule has 1 saturated heterocycles. The lowest BCUT2D eigenvalue weighted by atomic mass is 9.94. The molecule has 6 nitrogen and oxygen atoms in total. The van der Waals surface area contributed by atoms with Crippen molar-refractivity contribution in [2.24, 2.45) is 0 Å². The van der Waals surface area contributed by atoms with Crippen molar-refractivity contribution in [3.05, 3.63) is 36.3 Å². The van der Waals surface area contributed by atoms with Crippen molar-refractivity contribution < 1.29 is 4.74 Å². The third-order valence-corrected chi connectivity index (χ3v) is 5.55. The predicted molar refractivity (Wildman–Crippen MR) is 100 cm³/mol. The lowest BCUT2D eigenvalue weighted by Crippen LogP contribution is -2.27. The van der Waals surface area contributed by atoms with Gasteiger partial charge < -0.3 is 10.1 Å².